The summed E-state index contributed by atoms with van der Waals surface area (Å²) in [7, 11) is 0. The summed E-state index contributed by atoms with van der Waals surface area (Å²) >= 11 is 0. The number of benzene rings is 2. The fourth-order valence-corrected chi connectivity index (χ4v) is 3.33. The van der Waals surface area contributed by atoms with Crippen molar-refractivity contribution >= 4 is 16.9 Å². The largest absolute Gasteiger partial charge is 0.393 e. The van der Waals surface area contributed by atoms with E-state index in [1.807, 2.05) is 18.2 Å². The van der Waals surface area contributed by atoms with Gasteiger partial charge >= 0.3 is 0 Å². The van der Waals surface area contributed by atoms with Gasteiger partial charge in [-0.1, -0.05) is 24.3 Å². The van der Waals surface area contributed by atoms with E-state index in [2.05, 4.69) is 15.3 Å². The molecule has 3 aromatic rings. The molecule has 1 aliphatic rings. The van der Waals surface area contributed by atoms with Gasteiger partial charge in [0.25, 0.3) is 5.91 Å². The van der Waals surface area contributed by atoms with Gasteiger partial charge in [-0.25, -0.2) is 9.37 Å². The van der Waals surface area contributed by atoms with E-state index in [0.717, 1.165) is 11.1 Å². The van der Waals surface area contributed by atoms with Crippen molar-refractivity contribution in [3.63, 3.8) is 0 Å². The average molecular weight is 351 g/mol. The highest BCUT2D eigenvalue weighted by Gasteiger charge is 2.36. The molecule has 132 valence electrons. The van der Waals surface area contributed by atoms with Crippen LogP contribution >= 0.6 is 0 Å². The van der Waals surface area contributed by atoms with Crippen molar-refractivity contribution in [3.8, 4) is 0 Å². The van der Waals surface area contributed by atoms with E-state index in [4.69, 9.17) is 0 Å². The molecule has 0 unspecified atom stereocenters. The van der Waals surface area contributed by atoms with Crippen LogP contribution in [-0.4, -0.2) is 27.1 Å². The molecule has 1 fully saturated rings. The smallest absolute Gasteiger partial charge is 0.271 e. The number of rotatable bonds is 4. The third-order valence-corrected chi connectivity index (χ3v) is 4.82. The van der Waals surface area contributed by atoms with Crippen molar-refractivity contribution in [1.29, 1.82) is 0 Å². The molecule has 1 saturated carbocycles. The summed E-state index contributed by atoms with van der Waals surface area (Å²) in [5, 5.41) is 12.6. The van der Waals surface area contributed by atoms with Gasteiger partial charge in [0.15, 0.2) is 0 Å². The highest BCUT2D eigenvalue weighted by atomic mass is 19.1. The van der Waals surface area contributed by atoms with Crippen LogP contribution in [0.5, 0.6) is 0 Å². The molecule has 2 N–H and O–H groups in total. The lowest BCUT2D eigenvalue weighted by Gasteiger charge is -2.38. The van der Waals surface area contributed by atoms with Gasteiger partial charge in [0.1, 0.15) is 11.5 Å². The van der Waals surface area contributed by atoms with E-state index >= 15 is 0 Å². The number of fused-ring (bicyclic) bond motifs is 1. The highest BCUT2D eigenvalue weighted by Crippen LogP contribution is 2.38. The average Bonchev–Trinajstić information content (AvgIpc) is 2.64. The highest BCUT2D eigenvalue weighted by molar-refractivity contribution is 5.94. The van der Waals surface area contributed by atoms with Crippen molar-refractivity contribution < 1.29 is 14.3 Å². The van der Waals surface area contributed by atoms with Crippen molar-refractivity contribution in [1.82, 2.24) is 15.3 Å². The third-order valence-electron chi connectivity index (χ3n) is 4.82. The maximum atomic E-state index is 13.2. The Balaban J connectivity index is 1.59. The van der Waals surface area contributed by atoms with E-state index < -0.39 is 0 Å². The number of amides is 1. The lowest BCUT2D eigenvalue weighted by Crippen LogP contribution is -2.41. The summed E-state index contributed by atoms with van der Waals surface area (Å²) in [4.78, 5) is 21.4. The van der Waals surface area contributed by atoms with Crippen LogP contribution in [0.4, 0.5) is 4.39 Å². The maximum absolute atomic E-state index is 13.2. The maximum Gasteiger partial charge on any atom is 0.271 e. The molecule has 1 amide bonds. The van der Waals surface area contributed by atoms with Crippen LogP contribution in [0.1, 0.15) is 34.9 Å². The molecule has 0 saturated heterocycles. The summed E-state index contributed by atoms with van der Waals surface area (Å²) in [5.41, 5.74) is 2.42. The van der Waals surface area contributed by atoms with Gasteiger partial charge in [0.05, 0.1) is 29.4 Å². The van der Waals surface area contributed by atoms with Crippen molar-refractivity contribution in [2.24, 2.45) is 5.92 Å². The van der Waals surface area contributed by atoms with Crippen molar-refractivity contribution in [2.75, 3.05) is 0 Å². The number of carbonyl (C=O) groups is 1. The molecule has 6 heteroatoms. The Morgan fingerprint density at radius 3 is 2.50 bits per heavy atom. The number of aliphatic hydroxyl groups is 1. The molecule has 5 nitrogen and oxygen atoms in total. The second-order valence-corrected chi connectivity index (χ2v) is 6.63. The van der Waals surface area contributed by atoms with Crippen molar-refractivity contribution in [3.05, 3.63) is 71.8 Å². The Kier molecular flexibility index (Phi) is 4.34. The van der Waals surface area contributed by atoms with Crippen LogP contribution in [0.15, 0.2) is 54.7 Å². The van der Waals surface area contributed by atoms with Gasteiger partial charge in [0.2, 0.25) is 0 Å². The Labute approximate surface area is 149 Å². The quantitative estimate of drug-likeness (QED) is 0.758. The monoisotopic (exact) mass is 351 g/mol. The number of hydrogen-bond acceptors (Lipinski definition) is 4. The van der Waals surface area contributed by atoms with Gasteiger partial charge in [-0.15, -0.1) is 0 Å². The first kappa shape index (κ1) is 16.6. The second kappa shape index (κ2) is 6.80. The molecule has 1 heterocycles. The van der Waals surface area contributed by atoms with Gasteiger partial charge in [-0.2, -0.15) is 0 Å². The standard InChI is InChI=1S/C20H18FN3O2/c21-14-7-5-12(6-8-14)19(13-9-15(25)10-13)24-20(26)18-11-22-16-3-1-2-4-17(16)23-18/h1-8,11,13,15,19,25H,9-10H2,(H,24,26)/t13?,15?,19-/m0/s1. The molecule has 1 atom stereocenters. The summed E-state index contributed by atoms with van der Waals surface area (Å²) in [6.07, 6.45) is 2.31. The Morgan fingerprint density at radius 2 is 1.81 bits per heavy atom. The fourth-order valence-electron chi connectivity index (χ4n) is 3.33. The first-order valence-electron chi connectivity index (χ1n) is 8.56. The molecule has 0 bridgehead atoms. The molecule has 0 aliphatic heterocycles. The van der Waals surface area contributed by atoms with Crippen LogP contribution < -0.4 is 5.32 Å². The van der Waals surface area contributed by atoms with Gasteiger partial charge in [-0.3, -0.25) is 9.78 Å². The Morgan fingerprint density at radius 1 is 1.12 bits per heavy atom. The minimum atomic E-state index is -0.347. The lowest BCUT2D eigenvalue weighted by molar-refractivity contribution is 0.0234. The normalized spacial score (nSPS) is 20.4. The number of carbonyl (C=O) groups excluding carboxylic acids is 1. The molecule has 26 heavy (non-hydrogen) atoms. The summed E-state index contributed by atoms with van der Waals surface area (Å²) in [6.45, 7) is 0. The summed E-state index contributed by atoms with van der Waals surface area (Å²) in [6, 6.07) is 13.1. The van der Waals surface area contributed by atoms with Crippen molar-refractivity contribution in [2.45, 2.75) is 25.0 Å². The number of nitrogens with one attached hydrogen (secondary N) is 1. The molecule has 1 aliphatic carbocycles. The Hall–Kier alpha value is -2.86. The number of halogens is 1. The molecular weight excluding hydrogens is 333 g/mol. The number of aromatic nitrogens is 2. The number of aliphatic hydroxyl groups excluding tert-OH is 1. The van der Waals surface area contributed by atoms with E-state index in [1.54, 1.807) is 18.2 Å². The predicted molar refractivity (Wildman–Crippen MR) is 94.9 cm³/mol. The summed E-state index contributed by atoms with van der Waals surface area (Å²) < 4.78 is 13.2. The first-order chi connectivity index (χ1) is 12.6. The van der Waals surface area contributed by atoms with E-state index in [1.165, 1.54) is 18.3 Å². The zero-order valence-electron chi connectivity index (χ0n) is 14.0. The van der Waals surface area contributed by atoms with E-state index in [9.17, 15) is 14.3 Å². The van der Waals surface area contributed by atoms with E-state index in [-0.39, 0.29) is 35.5 Å². The van der Waals surface area contributed by atoms with Gasteiger partial charge < -0.3 is 10.4 Å². The topological polar surface area (TPSA) is 75.1 Å². The zero-order valence-corrected chi connectivity index (χ0v) is 14.0. The molecular formula is C20H18FN3O2. The van der Waals surface area contributed by atoms with Gasteiger partial charge in [0, 0.05) is 0 Å². The number of hydrogen-bond donors (Lipinski definition) is 2. The van der Waals surface area contributed by atoms with Gasteiger partial charge in [-0.05, 0) is 48.6 Å². The van der Waals surface area contributed by atoms with Crippen LogP contribution in [0.2, 0.25) is 0 Å². The van der Waals surface area contributed by atoms with Crippen LogP contribution in [0.25, 0.3) is 11.0 Å². The molecule has 2 aromatic carbocycles. The van der Waals surface area contributed by atoms with Crippen LogP contribution in [0, 0.1) is 11.7 Å². The van der Waals surface area contributed by atoms with Crippen LogP contribution in [0.3, 0.4) is 0 Å². The first-order valence-corrected chi connectivity index (χ1v) is 8.56. The lowest BCUT2D eigenvalue weighted by atomic mass is 9.75. The predicted octanol–water partition coefficient (Wildman–Crippen LogP) is 3.01. The molecule has 0 radical (unpaired) electrons. The number of nitrogens with zero attached hydrogens (tertiary/aromatic N) is 2. The SMILES string of the molecule is O=C(N[C@@H](c1ccc(F)cc1)C1CC(O)C1)c1cnc2ccccc2n1. The minimum Gasteiger partial charge on any atom is -0.393 e. The molecule has 0 spiro atoms. The minimum absolute atomic E-state index is 0.104. The third kappa shape index (κ3) is 3.28. The second-order valence-electron chi connectivity index (χ2n) is 6.63. The Bertz CT molecular complexity index is 939. The number of para-hydroxylation sites is 2. The molecule has 1 aromatic heterocycles. The van der Waals surface area contributed by atoms with Crippen LogP contribution in [-0.2, 0) is 0 Å². The molecule has 4 rings (SSSR count). The van der Waals surface area contributed by atoms with E-state index in [0.29, 0.717) is 18.4 Å². The summed E-state index contributed by atoms with van der Waals surface area (Å²) in [5.74, 6) is -0.556. The fraction of sp³-hybridized carbons (Fsp3) is 0.250. The zero-order chi connectivity index (χ0) is 18.1.